The van der Waals surface area contributed by atoms with E-state index in [1.807, 2.05) is 0 Å². The van der Waals surface area contributed by atoms with Crippen molar-refractivity contribution in [3.05, 3.63) is 42.3 Å². The van der Waals surface area contributed by atoms with Crippen molar-refractivity contribution in [2.45, 2.75) is 38.3 Å². The summed E-state index contributed by atoms with van der Waals surface area (Å²) in [7, 11) is 2.84. The molecule has 1 aromatic rings. The molecule has 1 radical (unpaired) electrons. The van der Waals surface area contributed by atoms with Crippen LogP contribution in [0.2, 0.25) is 0 Å². The lowest BCUT2D eigenvalue weighted by atomic mass is 10.0. The van der Waals surface area contributed by atoms with Crippen molar-refractivity contribution in [3.8, 4) is 0 Å². The SMILES string of the molecule is [CH2]CC(P)c1ccc(CCCC)cc1. The molecule has 0 nitrogen and oxygen atoms in total. The van der Waals surface area contributed by atoms with Gasteiger partial charge < -0.3 is 0 Å². The lowest BCUT2D eigenvalue weighted by Gasteiger charge is -2.09. The predicted molar refractivity (Wildman–Crippen MR) is 67.5 cm³/mol. The predicted octanol–water partition coefficient (Wildman–Crippen LogP) is 4.17. The molecule has 2 unspecified atom stereocenters. The van der Waals surface area contributed by atoms with E-state index in [0.29, 0.717) is 5.66 Å². The molecule has 0 N–H and O–H groups in total. The summed E-state index contributed by atoms with van der Waals surface area (Å²) >= 11 is 0. The van der Waals surface area contributed by atoms with Gasteiger partial charge in [0.1, 0.15) is 0 Å². The van der Waals surface area contributed by atoms with E-state index in [2.05, 4.69) is 47.4 Å². The van der Waals surface area contributed by atoms with Crippen molar-refractivity contribution < 1.29 is 0 Å². The maximum atomic E-state index is 3.91. The van der Waals surface area contributed by atoms with E-state index in [0.717, 1.165) is 6.42 Å². The van der Waals surface area contributed by atoms with Crippen molar-refractivity contribution in [2.75, 3.05) is 0 Å². The molecule has 14 heavy (non-hydrogen) atoms. The summed E-state index contributed by atoms with van der Waals surface area (Å²) in [5.41, 5.74) is 3.34. The molecule has 0 bridgehead atoms. The summed E-state index contributed by atoms with van der Waals surface area (Å²) < 4.78 is 0. The van der Waals surface area contributed by atoms with Crippen LogP contribution in [0.4, 0.5) is 0 Å². The van der Waals surface area contributed by atoms with Crippen LogP contribution in [0.25, 0.3) is 0 Å². The molecule has 0 spiro atoms. The molecular weight excluding hydrogens is 187 g/mol. The van der Waals surface area contributed by atoms with Crippen molar-refractivity contribution >= 4 is 9.24 Å². The smallest absolute Gasteiger partial charge is 0.00146 e. The maximum absolute atomic E-state index is 3.91. The average molecular weight is 207 g/mol. The van der Waals surface area contributed by atoms with Gasteiger partial charge in [0.25, 0.3) is 0 Å². The summed E-state index contributed by atoms with van der Waals surface area (Å²) in [6.45, 7) is 6.15. The second-order valence-electron chi connectivity index (χ2n) is 3.74. The molecule has 0 saturated carbocycles. The van der Waals surface area contributed by atoms with E-state index in [1.54, 1.807) is 0 Å². The Balaban J connectivity index is 2.59. The first-order valence-electron chi connectivity index (χ1n) is 5.41. The Kier molecular flexibility index (Phi) is 5.19. The van der Waals surface area contributed by atoms with Gasteiger partial charge in [-0.1, -0.05) is 44.5 Å². The minimum absolute atomic E-state index is 0.509. The second kappa shape index (κ2) is 6.19. The Hall–Kier alpha value is -0.350. The van der Waals surface area contributed by atoms with Gasteiger partial charge in [-0.3, -0.25) is 0 Å². The van der Waals surface area contributed by atoms with Crippen LogP contribution in [0.15, 0.2) is 24.3 Å². The first-order chi connectivity index (χ1) is 6.77. The third-order valence-electron chi connectivity index (χ3n) is 2.54. The fraction of sp³-hybridized carbons (Fsp3) is 0.462. The molecule has 0 heterocycles. The summed E-state index contributed by atoms with van der Waals surface area (Å²) in [4.78, 5) is 0. The highest BCUT2D eigenvalue weighted by Crippen LogP contribution is 2.26. The highest BCUT2D eigenvalue weighted by Gasteiger charge is 2.01. The lowest BCUT2D eigenvalue weighted by Crippen LogP contribution is -1.89. The quantitative estimate of drug-likeness (QED) is 0.636. The molecule has 0 saturated heterocycles. The second-order valence-corrected chi connectivity index (χ2v) is 4.55. The summed E-state index contributed by atoms with van der Waals surface area (Å²) in [5, 5.41) is 0. The lowest BCUT2D eigenvalue weighted by molar-refractivity contribution is 0.794. The normalized spacial score (nSPS) is 12.8. The minimum Gasteiger partial charge on any atom is -0.130 e. The van der Waals surface area contributed by atoms with E-state index in [-0.39, 0.29) is 0 Å². The van der Waals surface area contributed by atoms with E-state index >= 15 is 0 Å². The summed E-state index contributed by atoms with van der Waals surface area (Å²) in [5.74, 6) is 0. The van der Waals surface area contributed by atoms with Crippen LogP contribution < -0.4 is 0 Å². The van der Waals surface area contributed by atoms with E-state index in [9.17, 15) is 0 Å². The standard InChI is InChI=1S/C13H20P/c1-3-5-6-11-7-9-12(10-8-11)13(14)4-2/h7-10,13H,2-6,14H2,1H3. The maximum Gasteiger partial charge on any atom is -0.00146 e. The van der Waals surface area contributed by atoms with Crippen LogP contribution in [-0.4, -0.2) is 0 Å². The monoisotopic (exact) mass is 207 g/mol. The van der Waals surface area contributed by atoms with Crippen LogP contribution in [0.1, 0.15) is 43.0 Å². The first kappa shape index (κ1) is 11.7. The van der Waals surface area contributed by atoms with Crippen molar-refractivity contribution in [2.24, 2.45) is 0 Å². The highest BCUT2D eigenvalue weighted by atomic mass is 31.0. The van der Waals surface area contributed by atoms with Crippen LogP contribution in [-0.2, 0) is 6.42 Å². The number of rotatable bonds is 5. The van der Waals surface area contributed by atoms with Gasteiger partial charge in [-0.15, -0.1) is 9.24 Å². The van der Waals surface area contributed by atoms with Gasteiger partial charge in [-0.25, -0.2) is 0 Å². The Labute approximate surface area is 90.3 Å². The van der Waals surface area contributed by atoms with Gasteiger partial charge in [0, 0.05) is 0 Å². The molecule has 77 valence electrons. The van der Waals surface area contributed by atoms with E-state index in [1.165, 1.54) is 30.4 Å². The third kappa shape index (κ3) is 3.42. The number of hydrogen-bond donors (Lipinski definition) is 0. The van der Waals surface area contributed by atoms with Crippen LogP contribution in [0.5, 0.6) is 0 Å². The molecule has 0 aliphatic heterocycles. The summed E-state index contributed by atoms with van der Waals surface area (Å²) in [6, 6.07) is 8.96. The number of unbranched alkanes of at least 4 members (excludes halogenated alkanes) is 1. The van der Waals surface area contributed by atoms with Gasteiger partial charge in [-0.05, 0) is 36.0 Å². The molecular formula is C13H20P. The Morgan fingerprint density at radius 1 is 1.29 bits per heavy atom. The molecule has 1 heteroatoms. The zero-order valence-electron chi connectivity index (χ0n) is 9.00. The zero-order valence-corrected chi connectivity index (χ0v) is 10.2. The third-order valence-corrected chi connectivity index (χ3v) is 3.26. The molecule has 1 aromatic carbocycles. The largest absolute Gasteiger partial charge is 0.130 e. The van der Waals surface area contributed by atoms with Gasteiger partial charge in [0.15, 0.2) is 0 Å². The molecule has 1 rings (SSSR count). The summed E-state index contributed by atoms with van der Waals surface area (Å²) in [6.07, 6.45) is 4.72. The fourth-order valence-electron chi connectivity index (χ4n) is 1.48. The van der Waals surface area contributed by atoms with Crippen LogP contribution in [0.3, 0.4) is 0 Å². The van der Waals surface area contributed by atoms with Gasteiger partial charge >= 0.3 is 0 Å². The van der Waals surface area contributed by atoms with Gasteiger partial charge in [-0.2, -0.15) is 0 Å². The van der Waals surface area contributed by atoms with E-state index in [4.69, 9.17) is 0 Å². The Morgan fingerprint density at radius 3 is 2.43 bits per heavy atom. The molecule has 0 aromatic heterocycles. The van der Waals surface area contributed by atoms with Crippen molar-refractivity contribution in [1.29, 1.82) is 0 Å². The van der Waals surface area contributed by atoms with Crippen LogP contribution in [0, 0.1) is 6.92 Å². The average Bonchev–Trinajstić information content (AvgIpc) is 2.26. The molecule has 2 atom stereocenters. The van der Waals surface area contributed by atoms with Crippen molar-refractivity contribution in [3.63, 3.8) is 0 Å². The van der Waals surface area contributed by atoms with Crippen LogP contribution >= 0.6 is 9.24 Å². The highest BCUT2D eigenvalue weighted by molar-refractivity contribution is 7.17. The first-order valence-corrected chi connectivity index (χ1v) is 6.08. The fourth-order valence-corrected chi connectivity index (χ4v) is 1.70. The number of hydrogen-bond acceptors (Lipinski definition) is 0. The van der Waals surface area contributed by atoms with Gasteiger partial charge in [0.05, 0.1) is 0 Å². The molecule has 0 fully saturated rings. The zero-order chi connectivity index (χ0) is 10.4. The number of aryl methyl sites for hydroxylation is 1. The van der Waals surface area contributed by atoms with E-state index < -0.39 is 0 Å². The van der Waals surface area contributed by atoms with Gasteiger partial charge in [0.2, 0.25) is 0 Å². The molecule has 0 amide bonds. The minimum atomic E-state index is 0.509. The Morgan fingerprint density at radius 2 is 1.93 bits per heavy atom. The van der Waals surface area contributed by atoms with Crippen molar-refractivity contribution in [1.82, 2.24) is 0 Å². The Bertz CT molecular complexity index is 250. The topological polar surface area (TPSA) is 0 Å². The molecule has 0 aliphatic carbocycles. The number of benzene rings is 1. The molecule has 0 aliphatic rings.